The zero-order valence-corrected chi connectivity index (χ0v) is 9.21. The van der Waals surface area contributed by atoms with Crippen LogP contribution in [0.2, 0.25) is 0 Å². The van der Waals surface area contributed by atoms with E-state index in [1.165, 1.54) is 0 Å². The first-order valence-corrected chi connectivity index (χ1v) is 4.64. The van der Waals surface area contributed by atoms with Gasteiger partial charge in [-0.05, 0) is 28.1 Å². The number of nitrogens with one attached hydrogen (secondary N) is 1. The summed E-state index contributed by atoms with van der Waals surface area (Å²) in [7, 11) is 1.58. The third-order valence-electron chi connectivity index (χ3n) is 1.72. The molecule has 3 N–H and O–H groups in total. The molecule has 0 atom stereocenters. The second-order valence-electron chi connectivity index (χ2n) is 2.51. The summed E-state index contributed by atoms with van der Waals surface area (Å²) >= 11 is 3.33. The fourth-order valence-electron chi connectivity index (χ4n) is 1.01. The van der Waals surface area contributed by atoms with Gasteiger partial charge < -0.3 is 16.0 Å². The lowest BCUT2D eigenvalue weighted by atomic mass is 10.1. The maximum Gasteiger partial charge on any atom is 0.133 e. The zero-order chi connectivity index (χ0) is 10.6. The number of nitrogens with zero attached hydrogens (tertiary/aromatic N) is 1. The van der Waals surface area contributed by atoms with Gasteiger partial charge in [0.25, 0.3) is 0 Å². The van der Waals surface area contributed by atoms with Gasteiger partial charge in [0.2, 0.25) is 0 Å². The van der Waals surface area contributed by atoms with Crippen LogP contribution in [0.5, 0.6) is 5.75 Å². The monoisotopic (exact) mass is 255 g/mol. The molecular formula is C9H10BrN3O. The number of benzene rings is 1. The van der Waals surface area contributed by atoms with Crippen molar-refractivity contribution in [2.24, 2.45) is 10.9 Å². The molecule has 0 radical (unpaired) electrons. The van der Waals surface area contributed by atoms with Crippen LogP contribution in [0, 0.1) is 5.41 Å². The molecule has 5 heteroatoms. The molecule has 4 nitrogen and oxygen atoms in total. The molecule has 0 heterocycles. The Morgan fingerprint density at radius 1 is 1.64 bits per heavy atom. The Balaban J connectivity index is 3.18. The summed E-state index contributed by atoms with van der Waals surface area (Å²) in [5.74, 6) is 5.81. The molecule has 0 bridgehead atoms. The number of hydrogen-bond acceptors (Lipinski definition) is 4. The number of methoxy groups -OCH3 is 1. The highest BCUT2D eigenvalue weighted by atomic mass is 79.9. The van der Waals surface area contributed by atoms with Gasteiger partial charge in [-0.2, -0.15) is 5.10 Å². The summed E-state index contributed by atoms with van der Waals surface area (Å²) in [6.07, 6.45) is 1.10. The normalized spacial score (nSPS) is 11.1. The van der Waals surface area contributed by atoms with E-state index in [0.717, 1.165) is 16.3 Å². The summed E-state index contributed by atoms with van der Waals surface area (Å²) in [5, 5.41) is 10.6. The minimum atomic E-state index is 0.413. The molecular weight excluding hydrogens is 246 g/mol. The lowest BCUT2D eigenvalue weighted by Crippen LogP contribution is -2.05. The Morgan fingerprint density at radius 3 is 2.86 bits per heavy atom. The first kappa shape index (κ1) is 10.7. The van der Waals surface area contributed by atoms with Gasteiger partial charge in [0.05, 0.1) is 11.6 Å². The van der Waals surface area contributed by atoms with Gasteiger partial charge in [-0.25, -0.2) is 0 Å². The molecule has 0 saturated heterocycles. The van der Waals surface area contributed by atoms with E-state index in [1.807, 2.05) is 12.1 Å². The van der Waals surface area contributed by atoms with E-state index in [0.29, 0.717) is 11.5 Å². The third-order valence-corrected chi connectivity index (χ3v) is 2.38. The quantitative estimate of drug-likeness (QED) is 0.491. The maximum atomic E-state index is 7.09. The standard InChI is InChI=1S/C9H10BrN3O/c1-14-9-4-6(2-3-7(9)10)8(5-11)13-12/h2-5,11H,12H2,1H3/b11-5?,13-8+. The van der Waals surface area contributed by atoms with Crippen LogP contribution in [0.4, 0.5) is 0 Å². The van der Waals surface area contributed by atoms with Gasteiger partial charge in [-0.1, -0.05) is 6.07 Å². The van der Waals surface area contributed by atoms with E-state index in [-0.39, 0.29) is 0 Å². The van der Waals surface area contributed by atoms with Gasteiger partial charge in [0.15, 0.2) is 0 Å². The molecule has 0 unspecified atom stereocenters. The maximum absolute atomic E-state index is 7.09. The summed E-state index contributed by atoms with van der Waals surface area (Å²) in [4.78, 5) is 0. The van der Waals surface area contributed by atoms with Crippen molar-refractivity contribution in [2.45, 2.75) is 0 Å². The van der Waals surface area contributed by atoms with E-state index in [2.05, 4.69) is 21.0 Å². The average Bonchev–Trinajstić information content (AvgIpc) is 2.22. The van der Waals surface area contributed by atoms with Gasteiger partial charge in [0, 0.05) is 11.8 Å². The fraction of sp³-hybridized carbons (Fsp3) is 0.111. The molecule has 0 aliphatic carbocycles. The lowest BCUT2D eigenvalue weighted by Gasteiger charge is -2.05. The number of rotatable bonds is 3. The SMILES string of the molecule is COc1cc(/C(C=N)=N/N)ccc1Br. The molecule has 74 valence electrons. The number of hydrogen-bond donors (Lipinski definition) is 2. The summed E-state index contributed by atoms with van der Waals surface area (Å²) in [6.45, 7) is 0. The molecule has 0 spiro atoms. The van der Waals surface area contributed by atoms with Crippen molar-refractivity contribution in [2.75, 3.05) is 7.11 Å². The van der Waals surface area contributed by atoms with Crippen LogP contribution < -0.4 is 10.6 Å². The van der Waals surface area contributed by atoms with E-state index in [9.17, 15) is 0 Å². The third kappa shape index (κ3) is 2.11. The summed E-state index contributed by atoms with van der Waals surface area (Å²) < 4.78 is 5.96. The van der Waals surface area contributed by atoms with Gasteiger partial charge in [-0.3, -0.25) is 0 Å². The summed E-state index contributed by atoms with van der Waals surface area (Å²) in [5.41, 5.74) is 1.17. The van der Waals surface area contributed by atoms with Crippen LogP contribution in [-0.2, 0) is 0 Å². The predicted octanol–water partition coefficient (Wildman–Crippen LogP) is 1.77. The Morgan fingerprint density at radius 2 is 2.36 bits per heavy atom. The van der Waals surface area contributed by atoms with Crippen LogP contribution in [0.1, 0.15) is 5.56 Å². The molecule has 1 aromatic carbocycles. The molecule has 1 aromatic rings. The molecule has 0 aromatic heterocycles. The Hall–Kier alpha value is -1.36. The Kier molecular flexibility index (Phi) is 3.64. The minimum absolute atomic E-state index is 0.413. The van der Waals surface area contributed by atoms with Crippen molar-refractivity contribution in [1.29, 1.82) is 5.41 Å². The van der Waals surface area contributed by atoms with Crippen LogP contribution in [-0.4, -0.2) is 19.0 Å². The second-order valence-corrected chi connectivity index (χ2v) is 3.36. The molecule has 0 fully saturated rings. The molecule has 1 rings (SSSR count). The van der Waals surface area contributed by atoms with E-state index in [4.69, 9.17) is 16.0 Å². The number of nitrogens with two attached hydrogens (primary N) is 1. The van der Waals surface area contributed by atoms with E-state index < -0.39 is 0 Å². The van der Waals surface area contributed by atoms with Crippen molar-refractivity contribution in [3.8, 4) is 5.75 Å². The van der Waals surface area contributed by atoms with Gasteiger partial charge in [-0.15, -0.1) is 0 Å². The first-order valence-electron chi connectivity index (χ1n) is 3.85. The van der Waals surface area contributed by atoms with Gasteiger partial charge in [0.1, 0.15) is 11.5 Å². The molecule has 14 heavy (non-hydrogen) atoms. The zero-order valence-electron chi connectivity index (χ0n) is 7.62. The van der Waals surface area contributed by atoms with Crippen molar-refractivity contribution in [3.63, 3.8) is 0 Å². The second kappa shape index (κ2) is 4.76. The van der Waals surface area contributed by atoms with Crippen LogP contribution in [0.3, 0.4) is 0 Å². The lowest BCUT2D eigenvalue weighted by molar-refractivity contribution is 0.412. The number of halogens is 1. The van der Waals surface area contributed by atoms with Crippen LogP contribution in [0.25, 0.3) is 0 Å². The van der Waals surface area contributed by atoms with Crippen molar-refractivity contribution < 1.29 is 4.74 Å². The van der Waals surface area contributed by atoms with Crippen molar-refractivity contribution in [3.05, 3.63) is 28.2 Å². The summed E-state index contributed by atoms with van der Waals surface area (Å²) in [6, 6.07) is 5.40. The number of hydrazone groups is 1. The molecule has 0 saturated carbocycles. The van der Waals surface area contributed by atoms with E-state index >= 15 is 0 Å². The predicted molar refractivity (Wildman–Crippen MR) is 60.2 cm³/mol. The minimum Gasteiger partial charge on any atom is -0.496 e. The Bertz CT molecular complexity index is 376. The topological polar surface area (TPSA) is 71.5 Å². The molecule has 0 aliphatic heterocycles. The smallest absolute Gasteiger partial charge is 0.133 e. The average molecular weight is 256 g/mol. The van der Waals surface area contributed by atoms with Crippen LogP contribution >= 0.6 is 15.9 Å². The first-order chi connectivity index (χ1) is 6.72. The van der Waals surface area contributed by atoms with Crippen molar-refractivity contribution in [1.82, 2.24) is 0 Å². The highest BCUT2D eigenvalue weighted by Crippen LogP contribution is 2.25. The largest absolute Gasteiger partial charge is 0.496 e. The van der Waals surface area contributed by atoms with Crippen LogP contribution in [0.15, 0.2) is 27.8 Å². The molecule has 0 aliphatic rings. The highest BCUT2D eigenvalue weighted by Gasteiger charge is 2.04. The highest BCUT2D eigenvalue weighted by molar-refractivity contribution is 9.10. The number of ether oxygens (including phenoxy) is 1. The molecule has 0 amide bonds. The fourth-order valence-corrected chi connectivity index (χ4v) is 1.42. The van der Waals surface area contributed by atoms with Gasteiger partial charge >= 0.3 is 0 Å². The Labute approximate surface area is 90.4 Å². The van der Waals surface area contributed by atoms with E-state index in [1.54, 1.807) is 13.2 Å². The van der Waals surface area contributed by atoms with Crippen molar-refractivity contribution >= 4 is 27.9 Å².